The molecule has 0 N–H and O–H groups in total. The van der Waals surface area contributed by atoms with Gasteiger partial charge in [0.25, 0.3) is 5.91 Å². The van der Waals surface area contributed by atoms with E-state index in [0.717, 1.165) is 23.1 Å². The Balaban J connectivity index is 1.49. The van der Waals surface area contributed by atoms with Crippen molar-refractivity contribution in [1.82, 2.24) is 4.90 Å². The maximum Gasteiger partial charge on any atom is 0.416 e. The van der Waals surface area contributed by atoms with Crippen molar-refractivity contribution in [3.05, 3.63) is 94.8 Å². The maximum absolute atomic E-state index is 15.0. The van der Waals surface area contributed by atoms with Gasteiger partial charge in [-0.15, -0.1) is 0 Å². The number of hydrogen-bond acceptors (Lipinski definition) is 6. The molecule has 41 heavy (non-hydrogen) atoms. The van der Waals surface area contributed by atoms with Gasteiger partial charge in [0.05, 0.1) is 48.6 Å². The summed E-state index contributed by atoms with van der Waals surface area (Å²) in [6.45, 7) is -0.682. The minimum Gasteiger partial charge on any atom is -0.465 e. The molecule has 2 saturated heterocycles. The predicted octanol–water partition coefficient (Wildman–Crippen LogP) is 4.14. The molecule has 0 unspecified atom stereocenters. The molecule has 3 aromatic carbocycles. The van der Waals surface area contributed by atoms with Gasteiger partial charge >= 0.3 is 12.1 Å². The third-order valence-electron chi connectivity index (χ3n) is 7.28. The first-order valence-electron chi connectivity index (χ1n) is 12.4. The van der Waals surface area contributed by atoms with Gasteiger partial charge in [0.1, 0.15) is 12.4 Å². The van der Waals surface area contributed by atoms with Gasteiger partial charge in [0, 0.05) is 12.2 Å². The summed E-state index contributed by atoms with van der Waals surface area (Å²) < 4.78 is 58.9. The SMILES string of the molecule is COC(=O)c1cccc(N2CC3(C2)C(=O)N(c2ccc(C#N)cc2F)CC(=O)N3Cc2ccc(C(F)(F)F)cc2)c1. The number of benzene rings is 3. The Labute approximate surface area is 231 Å². The summed E-state index contributed by atoms with van der Waals surface area (Å²) in [5.74, 6) is -2.51. The van der Waals surface area contributed by atoms with Crippen LogP contribution in [-0.2, 0) is 27.0 Å². The fourth-order valence-corrected chi connectivity index (χ4v) is 5.13. The summed E-state index contributed by atoms with van der Waals surface area (Å²) in [5.41, 5.74) is -1.21. The lowest BCUT2D eigenvalue weighted by molar-refractivity contribution is -0.153. The van der Waals surface area contributed by atoms with Crippen molar-refractivity contribution in [2.24, 2.45) is 0 Å². The van der Waals surface area contributed by atoms with Crippen molar-refractivity contribution in [3.8, 4) is 6.07 Å². The molecule has 0 atom stereocenters. The Morgan fingerprint density at radius 1 is 1.05 bits per heavy atom. The highest BCUT2D eigenvalue weighted by molar-refractivity contribution is 6.11. The van der Waals surface area contributed by atoms with E-state index in [0.29, 0.717) is 11.3 Å². The van der Waals surface area contributed by atoms with Crippen LogP contribution in [0.15, 0.2) is 66.7 Å². The van der Waals surface area contributed by atoms with Crippen LogP contribution in [0, 0.1) is 17.1 Å². The fraction of sp³-hybridized carbons (Fsp3) is 0.241. The van der Waals surface area contributed by atoms with Crippen LogP contribution in [0.4, 0.5) is 28.9 Å². The number of alkyl halides is 3. The molecule has 0 aliphatic carbocycles. The zero-order valence-corrected chi connectivity index (χ0v) is 21.6. The van der Waals surface area contributed by atoms with Crippen LogP contribution in [0.5, 0.6) is 0 Å². The van der Waals surface area contributed by atoms with Crippen molar-refractivity contribution >= 4 is 29.2 Å². The van der Waals surface area contributed by atoms with Gasteiger partial charge in [0.15, 0.2) is 5.54 Å². The molecule has 0 saturated carbocycles. The minimum atomic E-state index is -4.53. The largest absolute Gasteiger partial charge is 0.465 e. The van der Waals surface area contributed by atoms with E-state index >= 15 is 0 Å². The molecule has 0 aromatic heterocycles. The molecular formula is C29H22F4N4O4. The number of carbonyl (C=O) groups is 3. The zero-order chi connectivity index (χ0) is 29.5. The van der Waals surface area contributed by atoms with Gasteiger partial charge in [-0.1, -0.05) is 18.2 Å². The average molecular weight is 567 g/mol. The number of anilines is 2. The number of esters is 1. The monoisotopic (exact) mass is 566 g/mol. The number of ether oxygens (including phenoxy) is 1. The van der Waals surface area contributed by atoms with Crippen LogP contribution in [0.25, 0.3) is 0 Å². The third-order valence-corrected chi connectivity index (χ3v) is 7.28. The van der Waals surface area contributed by atoms with E-state index in [4.69, 9.17) is 10.00 Å². The number of nitrogens with zero attached hydrogens (tertiary/aromatic N) is 4. The van der Waals surface area contributed by atoms with Crippen LogP contribution in [0.2, 0.25) is 0 Å². The van der Waals surface area contributed by atoms with E-state index in [1.165, 1.54) is 36.3 Å². The molecule has 2 aliphatic heterocycles. The third kappa shape index (κ3) is 4.95. The Morgan fingerprint density at radius 2 is 1.76 bits per heavy atom. The van der Waals surface area contributed by atoms with E-state index in [2.05, 4.69) is 0 Å². The fourth-order valence-electron chi connectivity index (χ4n) is 5.13. The Kier molecular flexibility index (Phi) is 6.90. The van der Waals surface area contributed by atoms with Gasteiger partial charge in [-0.05, 0) is 54.1 Å². The quantitative estimate of drug-likeness (QED) is 0.341. The molecule has 8 nitrogen and oxygen atoms in total. The number of halogens is 4. The van der Waals surface area contributed by atoms with E-state index in [1.807, 2.05) is 6.07 Å². The first kappa shape index (κ1) is 27.6. The Hall–Kier alpha value is -4.92. The second-order valence-corrected chi connectivity index (χ2v) is 9.77. The van der Waals surface area contributed by atoms with Crippen molar-refractivity contribution < 1.29 is 36.7 Å². The van der Waals surface area contributed by atoms with E-state index < -0.39 is 47.4 Å². The predicted molar refractivity (Wildman–Crippen MR) is 138 cm³/mol. The Morgan fingerprint density at radius 3 is 2.37 bits per heavy atom. The molecule has 1 spiro atoms. The number of methoxy groups -OCH3 is 1. The van der Waals surface area contributed by atoms with Crippen LogP contribution < -0.4 is 9.80 Å². The first-order valence-corrected chi connectivity index (χ1v) is 12.4. The van der Waals surface area contributed by atoms with E-state index in [-0.39, 0.29) is 36.4 Å². The van der Waals surface area contributed by atoms with E-state index in [1.54, 1.807) is 29.2 Å². The molecule has 2 heterocycles. The van der Waals surface area contributed by atoms with Gasteiger partial charge in [-0.3, -0.25) is 14.5 Å². The smallest absolute Gasteiger partial charge is 0.416 e. The minimum absolute atomic E-state index is 0.0166. The van der Waals surface area contributed by atoms with Crippen molar-refractivity contribution in [2.45, 2.75) is 18.3 Å². The highest BCUT2D eigenvalue weighted by Crippen LogP contribution is 2.40. The first-order chi connectivity index (χ1) is 19.5. The molecule has 0 radical (unpaired) electrons. The molecule has 2 amide bonds. The number of carbonyl (C=O) groups excluding carboxylic acids is 3. The second-order valence-electron chi connectivity index (χ2n) is 9.77. The molecule has 210 valence electrons. The summed E-state index contributed by atoms with van der Waals surface area (Å²) in [7, 11) is 1.25. The van der Waals surface area contributed by atoms with E-state index in [9.17, 15) is 31.9 Å². The number of amides is 2. The second kappa shape index (κ2) is 10.2. The summed E-state index contributed by atoms with van der Waals surface area (Å²) >= 11 is 0. The number of nitriles is 1. The van der Waals surface area contributed by atoms with Crippen LogP contribution in [0.1, 0.15) is 27.0 Å². The van der Waals surface area contributed by atoms with Crippen LogP contribution in [-0.4, -0.2) is 55.0 Å². The molecular weight excluding hydrogens is 544 g/mol. The molecule has 0 bridgehead atoms. The summed E-state index contributed by atoms with van der Waals surface area (Å²) in [6, 6.07) is 16.2. The van der Waals surface area contributed by atoms with Crippen molar-refractivity contribution in [2.75, 3.05) is 36.5 Å². The molecule has 3 aromatic rings. The summed E-state index contributed by atoms with van der Waals surface area (Å²) in [6.07, 6.45) is -4.53. The number of hydrogen-bond donors (Lipinski definition) is 0. The average Bonchev–Trinajstić information content (AvgIpc) is 2.93. The van der Waals surface area contributed by atoms with Crippen molar-refractivity contribution in [1.29, 1.82) is 5.26 Å². The van der Waals surface area contributed by atoms with Gasteiger partial charge < -0.3 is 14.5 Å². The van der Waals surface area contributed by atoms with Crippen LogP contribution >= 0.6 is 0 Å². The standard InChI is InChI=1S/C29H22F4N4O4/c1-41-26(39)20-3-2-4-22(12-20)35-16-28(17-35)27(40)36(24-10-7-19(13-34)11-23(24)30)15-25(38)37(28)14-18-5-8-21(9-6-18)29(31,32)33/h2-12H,14-17H2,1H3. The van der Waals surface area contributed by atoms with Crippen LogP contribution in [0.3, 0.4) is 0 Å². The van der Waals surface area contributed by atoms with Gasteiger partial charge in [-0.25, -0.2) is 9.18 Å². The van der Waals surface area contributed by atoms with Gasteiger partial charge in [0.2, 0.25) is 5.91 Å². The topological polar surface area (TPSA) is 94.0 Å². The normalized spacial score (nSPS) is 16.4. The maximum atomic E-state index is 15.0. The highest BCUT2D eigenvalue weighted by Gasteiger charge is 2.60. The molecule has 2 fully saturated rings. The highest BCUT2D eigenvalue weighted by atomic mass is 19.4. The lowest BCUT2D eigenvalue weighted by Gasteiger charge is -2.58. The Bertz CT molecular complexity index is 1580. The number of piperazine rings is 1. The molecule has 12 heteroatoms. The number of rotatable bonds is 5. The van der Waals surface area contributed by atoms with Gasteiger partial charge in [-0.2, -0.15) is 18.4 Å². The summed E-state index contributed by atoms with van der Waals surface area (Å²) in [4.78, 5) is 43.7. The molecule has 5 rings (SSSR count). The van der Waals surface area contributed by atoms with Crippen molar-refractivity contribution in [3.63, 3.8) is 0 Å². The molecule has 2 aliphatic rings. The lowest BCUT2D eigenvalue weighted by atomic mass is 9.82. The summed E-state index contributed by atoms with van der Waals surface area (Å²) in [5, 5.41) is 9.08. The zero-order valence-electron chi connectivity index (χ0n) is 21.6. The lowest BCUT2D eigenvalue weighted by Crippen LogP contribution is -2.81.